The fourth-order valence-electron chi connectivity index (χ4n) is 3.84. The van der Waals surface area contributed by atoms with E-state index in [1.54, 1.807) is 16.6 Å². The van der Waals surface area contributed by atoms with E-state index in [0.717, 1.165) is 22.3 Å². The minimum atomic E-state index is -0.245. The van der Waals surface area contributed by atoms with Gasteiger partial charge in [0.05, 0.1) is 10.6 Å². The molecule has 34 heavy (non-hydrogen) atoms. The Kier molecular flexibility index (Phi) is 6.18. The molecule has 1 N–H and O–H groups in total. The number of hydrogen-bond acceptors (Lipinski definition) is 4. The van der Waals surface area contributed by atoms with Gasteiger partial charge in [-0.1, -0.05) is 65.7 Å². The Morgan fingerprint density at radius 2 is 1.65 bits per heavy atom. The summed E-state index contributed by atoms with van der Waals surface area (Å²) in [4.78, 5) is 9.39. The summed E-state index contributed by atoms with van der Waals surface area (Å²) in [5.74, 6) is 0.932. The van der Waals surface area contributed by atoms with Crippen molar-refractivity contribution in [2.75, 3.05) is 11.9 Å². The molecule has 5 aromatic rings. The molecule has 0 saturated carbocycles. The van der Waals surface area contributed by atoms with Crippen LogP contribution in [0.1, 0.15) is 11.4 Å². The van der Waals surface area contributed by atoms with E-state index in [1.165, 1.54) is 12.1 Å². The fraction of sp³-hybridized carbons (Fsp3) is 0.115. The Balaban J connectivity index is 1.57. The first-order valence-corrected chi connectivity index (χ1v) is 11.5. The molecule has 0 spiro atoms. The van der Waals surface area contributed by atoms with Gasteiger partial charge in [-0.3, -0.25) is 0 Å². The van der Waals surface area contributed by atoms with Crippen LogP contribution in [0.4, 0.5) is 10.3 Å². The third kappa shape index (κ3) is 4.47. The SMILES string of the molecule is Cc1nc(NCCc2ccc(F)cc2)nc2c(-c3ccc(Cl)cc3)c(-c3ccccc3Cl)nn12. The molecule has 0 atom stereocenters. The zero-order valence-electron chi connectivity index (χ0n) is 18.3. The van der Waals surface area contributed by atoms with Crippen LogP contribution in [-0.2, 0) is 6.42 Å². The summed E-state index contributed by atoms with van der Waals surface area (Å²) in [6.45, 7) is 2.48. The number of nitrogens with one attached hydrogen (secondary N) is 1. The van der Waals surface area contributed by atoms with Crippen molar-refractivity contribution >= 4 is 34.8 Å². The maximum absolute atomic E-state index is 13.2. The molecule has 0 aliphatic rings. The van der Waals surface area contributed by atoms with E-state index < -0.39 is 0 Å². The van der Waals surface area contributed by atoms with Crippen LogP contribution in [0.25, 0.3) is 28.0 Å². The van der Waals surface area contributed by atoms with Gasteiger partial charge in [0.25, 0.3) is 0 Å². The Morgan fingerprint density at radius 3 is 2.38 bits per heavy atom. The maximum Gasteiger partial charge on any atom is 0.226 e. The van der Waals surface area contributed by atoms with Crippen LogP contribution in [-0.4, -0.2) is 26.1 Å². The third-order valence-electron chi connectivity index (χ3n) is 5.52. The van der Waals surface area contributed by atoms with Crippen molar-refractivity contribution in [3.63, 3.8) is 0 Å². The van der Waals surface area contributed by atoms with Crippen molar-refractivity contribution in [1.29, 1.82) is 0 Å². The largest absolute Gasteiger partial charge is 0.354 e. The highest BCUT2D eigenvalue weighted by Crippen LogP contribution is 2.38. The predicted molar refractivity (Wildman–Crippen MR) is 135 cm³/mol. The van der Waals surface area contributed by atoms with Gasteiger partial charge in [0.15, 0.2) is 5.65 Å². The van der Waals surface area contributed by atoms with Gasteiger partial charge in [0.2, 0.25) is 5.95 Å². The molecule has 0 aliphatic heterocycles. The van der Waals surface area contributed by atoms with E-state index in [2.05, 4.69) is 10.3 Å². The highest BCUT2D eigenvalue weighted by atomic mass is 35.5. The van der Waals surface area contributed by atoms with Crippen LogP contribution >= 0.6 is 23.2 Å². The summed E-state index contributed by atoms with van der Waals surface area (Å²) in [6.07, 6.45) is 0.710. The first-order chi connectivity index (χ1) is 16.5. The van der Waals surface area contributed by atoms with Crippen LogP contribution in [0.5, 0.6) is 0 Å². The molecule has 0 fully saturated rings. The zero-order valence-corrected chi connectivity index (χ0v) is 19.8. The van der Waals surface area contributed by atoms with Crippen molar-refractivity contribution in [3.8, 4) is 22.4 Å². The van der Waals surface area contributed by atoms with Gasteiger partial charge in [0, 0.05) is 17.1 Å². The van der Waals surface area contributed by atoms with E-state index >= 15 is 0 Å². The third-order valence-corrected chi connectivity index (χ3v) is 6.10. The summed E-state index contributed by atoms with van der Waals surface area (Å²) < 4.78 is 14.9. The lowest BCUT2D eigenvalue weighted by molar-refractivity contribution is 0.627. The summed E-state index contributed by atoms with van der Waals surface area (Å²) in [6, 6.07) is 21.6. The van der Waals surface area contributed by atoms with Crippen molar-refractivity contribution in [3.05, 3.63) is 100 Å². The molecule has 0 unspecified atom stereocenters. The molecule has 5 nitrogen and oxygen atoms in total. The first kappa shape index (κ1) is 22.3. The zero-order chi connectivity index (χ0) is 23.7. The van der Waals surface area contributed by atoms with Crippen molar-refractivity contribution in [1.82, 2.24) is 19.6 Å². The van der Waals surface area contributed by atoms with Gasteiger partial charge < -0.3 is 5.32 Å². The van der Waals surface area contributed by atoms with Gasteiger partial charge in [0.1, 0.15) is 17.3 Å². The van der Waals surface area contributed by atoms with E-state index in [-0.39, 0.29) is 5.82 Å². The maximum atomic E-state index is 13.2. The van der Waals surface area contributed by atoms with E-state index in [4.69, 9.17) is 33.3 Å². The van der Waals surface area contributed by atoms with E-state index in [0.29, 0.717) is 46.1 Å². The molecule has 0 radical (unpaired) electrons. The molecular formula is C26H20Cl2FN5. The van der Waals surface area contributed by atoms with Crippen LogP contribution in [0.3, 0.4) is 0 Å². The molecular weight excluding hydrogens is 472 g/mol. The second kappa shape index (κ2) is 9.41. The number of rotatable bonds is 6. The van der Waals surface area contributed by atoms with Gasteiger partial charge in [-0.15, -0.1) is 0 Å². The molecule has 0 amide bonds. The van der Waals surface area contributed by atoms with Crippen molar-refractivity contribution < 1.29 is 4.39 Å². The average molecular weight is 492 g/mol. The summed E-state index contributed by atoms with van der Waals surface area (Å²) >= 11 is 12.7. The number of hydrogen-bond donors (Lipinski definition) is 1. The van der Waals surface area contributed by atoms with E-state index in [9.17, 15) is 4.39 Å². The van der Waals surface area contributed by atoms with Crippen molar-refractivity contribution in [2.45, 2.75) is 13.3 Å². The van der Waals surface area contributed by atoms with Crippen LogP contribution in [0.15, 0.2) is 72.8 Å². The number of aryl methyl sites for hydroxylation is 1. The van der Waals surface area contributed by atoms with Crippen molar-refractivity contribution in [2.24, 2.45) is 0 Å². The molecule has 3 aromatic carbocycles. The molecule has 170 valence electrons. The van der Waals surface area contributed by atoms with Crippen LogP contribution < -0.4 is 5.32 Å². The highest BCUT2D eigenvalue weighted by molar-refractivity contribution is 6.33. The molecule has 2 aromatic heterocycles. The normalized spacial score (nSPS) is 11.2. The fourth-order valence-corrected chi connectivity index (χ4v) is 4.19. The van der Waals surface area contributed by atoms with E-state index in [1.807, 2.05) is 55.5 Å². The molecule has 5 rings (SSSR count). The Hall–Kier alpha value is -3.48. The number of anilines is 1. The monoisotopic (exact) mass is 491 g/mol. The second-order valence-corrected chi connectivity index (χ2v) is 8.69. The van der Waals surface area contributed by atoms with Crippen LogP contribution in [0.2, 0.25) is 10.0 Å². The number of aromatic nitrogens is 4. The quantitative estimate of drug-likeness (QED) is 0.281. The minimum absolute atomic E-state index is 0.245. The Labute approximate surface area is 206 Å². The van der Waals surface area contributed by atoms with Crippen LogP contribution in [0, 0.1) is 12.7 Å². The number of benzene rings is 3. The lowest BCUT2D eigenvalue weighted by Gasteiger charge is -2.08. The van der Waals surface area contributed by atoms with Gasteiger partial charge in [-0.25, -0.2) is 4.39 Å². The minimum Gasteiger partial charge on any atom is -0.354 e. The number of halogens is 3. The van der Waals surface area contributed by atoms with Gasteiger partial charge in [-0.05, 0) is 54.8 Å². The Bertz CT molecular complexity index is 1460. The van der Waals surface area contributed by atoms with Gasteiger partial charge >= 0.3 is 0 Å². The topological polar surface area (TPSA) is 55.1 Å². The molecule has 8 heteroatoms. The summed E-state index contributed by atoms with van der Waals surface area (Å²) in [5.41, 5.74) is 4.98. The predicted octanol–water partition coefficient (Wildman–Crippen LogP) is 6.87. The molecule has 2 heterocycles. The van der Waals surface area contributed by atoms with Gasteiger partial charge in [-0.2, -0.15) is 19.6 Å². The summed E-state index contributed by atoms with van der Waals surface area (Å²) in [7, 11) is 0. The molecule has 0 bridgehead atoms. The number of nitrogens with zero attached hydrogens (tertiary/aromatic N) is 4. The average Bonchev–Trinajstić information content (AvgIpc) is 3.21. The Morgan fingerprint density at radius 1 is 0.912 bits per heavy atom. The molecule has 0 aliphatic carbocycles. The lowest BCUT2D eigenvalue weighted by atomic mass is 10.0. The lowest BCUT2D eigenvalue weighted by Crippen LogP contribution is -2.11. The number of fused-ring (bicyclic) bond motifs is 1. The molecule has 0 saturated heterocycles. The second-order valence-electron chi connectivity index (χ2n) is 7.84. The summed E-state index contributed by atoms with van der Waals surface area (Å²) in [5, 5.41) is 9.36. The first-order valence-electron chi connectivity index (χ1n) is 10.8. The highest BCUT2D eigenvalue weighted by Gasteiger charge is 2.21. The smallest absolute Gasteiger partial charge is 0.226 e. The standard InChI is InChI=1S/C26H20Cl2FN5/c1-16-31-26(30-15-14-17-6-12-20(29)13-7-17)32-25-23(18-8-10-19(27)11-9-18)24(33-34(16)25)21-4-2-3-5-22(21)28/h2-13H,14-15H2,1H3,(H,30,32).